The summed E-state index contributed by atoms with van der Waals surface area (Å²) in [6.45, 7) is 6.78. The summed E-state index contributed by atoms with van der Waals surface area (Å²) in [5.41, 5.74) is 3.19. The van der Waals surface area contributed by atoms with Crippen molar-refractivity contribution in [3.05, 3.63) is 29.3 Å². The van der Waals surface area contributed by atoms with Crippen LogP contribution in [0.3, 0.4) is 0 Å². The molecule has 1 aromatic rings. The number of amides is 2. The van der Waals surface area contributed by atoms with Crippen molar-refractivity contribution in [1.82, 2.24) is 4.90 Å². The van der Waals surface area contributed by atoms with Gasteiger partial charge in [0.1, 0.15) is 6.54 Å². The van der Waals surface area contributed by atoms with Gasteiger partial charge in [0.05, 0.1) is 11.6 Å². The summed E-state index contributed by atoms with van der Waals surface area (Å²) in [5.74, 6) is 1.14. The number of nitrogens with zero attached hydrogens (tertiary/aromatic N) is 2. The van der Waals surface area contributed by atoms with Gasteiger partial charge in [0, 0.05) is 12.2 Å². The van der Waals surface area contributed by atoms with Crippen LogP contribution in [0, 0.1) is 13.8 Å². The first-order valence-electron chi connectivity index (χ1n) is 6.75. The zero-order chi connectivity index (χ0) is 14.7. The number of thioether (sulfide) groups is 1. The van der Waals surface area contributed by atoms with Crippen LogP contribution in [0.25, 0.3) is 0 Å². The van der Waals surface area contributed by atoms with Crippen LogP contribution in [0.2, 0.25) is 0 Å². The van der Waals surface area contributed by atoms with Gasteiger partial charge in [0.15, 0.2) is 0 Å². The van der Waals surface area contributed by atoms with Crippen LogP contribution in [0.5, 0.6) is 0 Å². The Morgan fingerprint density at radius 3 is 2.45 bits per heavy atom. The number of anilines is 1. The number of hydrogen-bond donors (Lipinski definition) is 0. The molecule has 1 heterocycles. The standard InChI is InChI=1S/C15H20N2O2S/c1-4-17(13-6-11(2)5-12(3)7-13)14(18)8-16-10-20-9-15(16)19/h5-7H,4,8-10H2,1-3H3. The Labute approximate surface area is 124 Å². The van der Waals surface area contributed by atoms with E-state index >= 15 is 0 Å². The lowest BCUT2D eigenvalue weighted by Gasteiger charge is -2.24. The fourth-order valence-corrected chi connectivity index (χ4v) is 3.30. The van der Waals surface area contributed by atoms with Crippen LogP contribution >= 0.6 is 11.8 Å². The smallest absolute Gasteiger partial charge is 0.246 e. The maximum atomic E-state index is 12.4. The van der Waals surface area contributed by atoms with Crippen molar-refractivity contribution in [2.75, 3.05) is 29.6 Å². The molecule has 0 aliphatic carbocycles. The topological polar surface area (TPSA) is 40.6 Å². The fraction of sp³-hybridized carbons (Fsp3) is 0.467. The van der Waals surface area contributed by atoms with Crippen molar-refractivity contribution in [2.24, 2.45) is 0 Å². The van der Waals surface area contributed by atoms with E-state index in [1.54, 1.807) is 21.6 Å². The average Bonchev–Trinajstić information content (AvgIpc) is 2.74. The number of hydrogen-bond acceptors (Lipinski definition) is 3. The summed E-state index contributed by atoms with van der Waals surface area (Å²) < 4.78 is 0. The number of rotatable bonds is 4. The Morgan fingerprint density at radius 2 is 1.95 bits per heavy atom. The summed E-state index contributed by atoms with van der Waals surface area (Å²) in [6.07, 6.45) is 0. The lowest BCUT2D eigenvalue weighted by atomic mass is 10.1. The molecule has 1 aromatic carbocycles. The van der Waals surface area contributed by atoms with Gasteiger partial charge in [-0.25, -0.2) is 0 Å². The van der Waals surface area contributed by atoms with Crippen molar-refractivity contribution in [2.45, 2.75) is 20.8 Å². The molecular weight excluding hydrogens is 272 g/mol. The van der Waals surface area contributed by atoms with Gasteiger partial charge >= 0.3 is 0 Å². The van der Waals surface area contributed by atoms with E-state index in [1.807, 2.05) is 32.9 Å². The first kappa shape index (κ1) is 14.9. The third kappa shape index (κ3) is 3.33. The zero-order valence-electron chi connectivity index (χ0n) is 12.2. The highest BCUT2D eigenvalue weighted by atomic mass is 32.2. The van der Waals surface area contributed by atoms with E-state index in [0.29, 0.717) is 18.2 Å². The predicted molar refractivity (Wildman–Crippen MR) is 83.0 cm³/mol. The Balaban J connectivity index is 2.14. The first-order valence-corrected chi connectivity index (χ1v) is 7.91. The molecule has 0 unspecified atom stereocenters. The molecule has 0 bridgehead atoms. The van der Waals surface area contributed by atoms with Crippen LogP contribution in [-0.4, -0.2) is 41.4 Å². The van der Waals surface area contributed by atoms with Crippen molar-refractivity contribution in [3.8, 4) is 0 Å². The largest absolute Gasteiger partial charge is 0.323 e. The lowest BCUT2D eigenvalue weighted by molar-refractivity contribution is -0.131. The third-order valence-electron chi connectivity index (χ3n) is 3.29. The number of benzene rings is 1. The van der Waals surface area contributed by atoms with Gasteiger partial charge in [-0.2, -0.15) is 0 Å². The summed E-state index contributed by atoms with van der Waals surface area (Å²) in [7, 11) is 0. The Morgan fingerprint density at radius 1 is 1.30 bits per heavy atom. The van der Waals surface area contributed by atoms with E-state index in [1.165, 1.54) is 0 Å². The Bertz CT molecular complexity index is 510. The van der Waals surface area contributed by atoms with Gasteiger partial charge in [0.25, 0.3) is 0 Å². The van der Waals surface area contributed by atoms with Crippen molar-refractivity contribution >= 4 is 29.3 Å². The molecule has 0 atom stereocenters. The van der Waals surface area contributed by atoms with Crippen LogP contribution in [0.15, 0.2) is 18.2 Å². The highest BCUT2D eigenvalue weighted by Crippen LogP contribution is 2.20. The van der Waals surface area contributed by atoms with Crippen molar-refractivity contribution in [3.63, 3.8) is 0 Å². The van der Waals surface area contributed by atoms with E-state index in [2.05, 4.69) is 6.07 Å². The molecule has 1 aliphatic heterocycles. The Hall–Kier alpha value is -1.49. The predicted octanol–water partition coefficient (Wildman–Crippen LogP) is 2.19. The molecule has 0 aromatic heterocycles. The van der Waals surface area contributed by atoms with Crippen LogP contribution in [0.1, 0.15) is 18.1 Å². The Kier molecular flexibility index (Phi) is 4.70. The molecular formula is C15H20N2O2S. The van der Waals surface area contributed by atoms with Gasteiger partial charge in [0.2, 0.25) is 11.8 Å². The highest BCUT2D eigenvalue weighted by Gasteiger charge is 2.25. The summed E-state index contributed by atoms with van der Waals surface area (Å²) in [6, 6.07) is 6.10. The molecule has 2 rings (SSSR count). The summed E-state index contributed by atoms with van der Waals surface area (Å²) in [5, 5.41) is 0. The molecule has 1 fully saturated rings. The van der Waals surface area contributed by atoms with Crippen LogP contribution in [0.4, 0.5) is 5.69 Å². The molecule has 1 aliphatic rings. The molecule has 5 heteroatoms. The van der Waals surface area contributed by atoms with E-state index in [9.17, 15) is 9.59 Å². The van der Waals surface area contributed by atoms with E-state index in [-0.39, 0.29) is 18.4 Å². The quantitative estimate of drug-likeness (QED) is 0.854. The zero-order valence-corrected chi connectivity index (χ0v) is 13.0. The molecule has 0 spiro atoms. The first-order chi connectivity index (χ1) is 9.51. The second-order valence-corrected chi connectivity index (χ2v) is 6.01. The average molecular weight is 292 g/mol. The molecule has 108 valence electrons. The number of aryl methyl sites for hydroxylation is 2. The molecule has 0 N–H and O–H groups in total. The number of carbonyl (C=O) groups is 2. The van der Waals surface area contributed by atoms with Crippen LogP contribution in [-0.2, 0) is 9.59 Å². The number of carbonyl (C=O) groups excluding carboxylic acids is 2. The molecule has 1 saturated heterocycles. The second-order valence-electron chi connectivity index (χ2n) is 5.05. The summed E-state index contributed by atoms with van der Waals surface area (Å²) >= 11 is 1.56. The van der Waals surface area contributed by atoms with Gasteiger partial charge in [-0.15, -0.1) is 11.8 Å². The highest BCUT2D eigenvalue weighted by molar-refractivity contribution is 8.00. The molecule has 0 saturated carbocycles. The van der Waals surface area contributed by atoms with E-state index in [0.717, 1.165) is 16.8 Å². The van der Waals surface area contributed by atoms with Gasteiger partial charge in [-0.3, -0.25) is 9.59 Å². The van der Waals surface area contributed by atoms with E-state index in [4.69, 9.17) is 0 Å². The lowest BCUT2D eigenvalue weighted by Crippen LogP contribution is -2.41. The van der Waals surface area contributed by atoms with Crippen LogP contribution < -0.4 is 4.90 Å². The van der Waals surface area contributed by atoms with Crippen molar-refractivity contribution in [1.29, 1.82) is 0 Å². The van der Waals surface area contributed by atoms with Gasteiger partial charge in [-0.05, 0) is 44.0 Å². The minimum atomic E-state index is -0.0200. The van der Waals surface area contributed by atoms with Gasteiger partial charge < -0.3 is 9.80 Å². The molecule has 20 heavy (non-hydrogen) atoms. The van der Waals surface area contributed by atoms with E-state index < -0.39 is 0 Å². The maximum absolute atomic E-state index is 12.4. The SMILES string of the molecule is CCN(C(=O)CN1CSCC1=O)c1cc(C)cc(C)c1. The maximum Gasteiger partial charge on any atom is 0.246 e. The molecule has 0 radical (unpaired) electrons. The third-order valence-corrected chi connectivity index (χ3v) is 4.23. The fourth-order valence-electron chi connectivity index (χ4n) is 2.40. The van der Waals surface area contributed by atoms with Gasteiger partial charge in [-0.1, -0.05) is 6.07 Å². The summed E-state index contributed by atoms with van der Waals surface area (Å²) in [4.78, 5) is 27.4. The van der Waals surface area contributed by atoms with Crippen molar-refractivity contribution < 1.29 is 9.59 Å². The molecule has 4 nitrogen and oxygen atoms in total. The molecule has 2 amide bonds. The normalized spacial score (nSPS) is 14.8. The minimum absolute atomic E-state index is 0.0200. The monoisotopic (exact) mass is 292 g/mol. The second kappa shape index (κ2) is 6.31. The minimum Gasteiger partial charge on any atom is -0.323 e. The number of likely N-dealkylation sites (N-methyl/N-ethyl adjacent to an activating group) is 1.